The summed E-state index contributed by atoms with van der Waals surface area (Å²) >= 11 is 9.42. The van der Waals surface area contributed by atoms with Crippen molar-refractivity contribution in [3.63, 3.8) is 0 Å². The Morgan fingerprint density at radius 1 is 1.17 bits per heavy atom. The predicted octanol–water partition coefficient (Wildman–Crippen LogP) is 4.21. The highest BCUT2D eigenvalue weighted by Gasteiger charge is 2.39. The summed E-state index contributed by atoms with van der Waals surface area (Å²) in [6, 6.07) is 14.8. The van der Waals surface area contributed by atoms with Gasteiger partial charge in [-0.1, -0.05) is 45.7 Å². The van der Waals surface area contributed by atoms with Crippen LogP contribution in [0, 0.1) is 5.41 Å². The van der Waals surface area contributed by atoms with E-state index < -0.39 is 5.41 Å². The Hall–Kier alpha value is -2.05. The van der Waals surface area contributed by atoms with Gasteiger partial charge in [-0.05, 0) is 48.7 Å². The van der Waals surface area contributed by atoms with Crippen molar-refractivity contribution in [3.8, 4) is 5.75 Å². The van der Waals surface area contributed by atoms with Gasteiger partial charge in [0.05, 0.1) is 13.0 Å². The molecule has 1 aliphatic rings. The van der Waals surface area contributed by atoms with Crippen molar-refractivity contribution < 1.29 is 14.3 Å². The van der Waals surface area contributed by atoms with Crippen molar-refractivity contribution >= 4 is 39.3 Å². The topological polar surface area (TPSA) is 72.6 Å². The highest BCUT2D eigenvalue weighted by molar-refractivity contribution is 9.10. The molecular formula is C22H24BrClN2O3. The number of hydrogen-bond acceptors (Lipinski definition) is 3. The average Bonchev–Trinajstić information content (AvgIpc) is 2.69. The maximum Gasteiger partial charge on any atom is 0.227 e. The number of primary amides is 1. The van der Waals surface area contributed by atoms with Gasteiger partial charge in [-0.15, -0.1) is 0 Å². The molecule has 1 fully saturated rings. The van der Waals surface area contributed by atoms with Crippen LogP contribution in [0.2, 0.25) is 5.02 Å². The number of benzene rings is 2. The lowest BCUT2D eigenvalue weighted by atomic mass is 9.77. The number of carbonyl (C=O) groups excluding carboxylic acids is 2. The molecule has 2 amide bonds. The number of hydrogen-bond donors (Lipinski definition) is 1. The highest BCUT2D eigenvalue weighted by atomic mass is 79.9. The number of halogens is 2. The minimum atomic E-state index is -0.493. The summed E-state index contributed by atoms with van der Waals surface area (Å²) in [5, 5.41) is 0.630. The van der Waals surface area contributed by atoms with Gasteiger partial charge in [0.2, 0.25) is 11.8 Å². The first-order chi connectivity index (χ1) is 13.9. The van der Waals surface area contributed by atoms with Gasteiger partial charge in [-0.25, -0.2) is 0 Å². The van der Waals surface area contributed by atoms with Crippen molar-refractivity contribution in [1.82, 2.24) is 4.90 Å². The minimum Gasteiger partial charge on any atom is -0.493 e. The van der Waals surface area contributed by atoms with Crippen LogP contribution in [0.15, 0.2) is 53.0 Å². The van der Waals surface area contributed by atoms with E-state index in [1.807, 2.05) is 29.2 Å². The summed E-state index contributed by atoms with van der Waals surface area (Å²) in [5.74, 6) is 0.330. The molecule has 3 rings (SSSR count). The Morgan fingerprint density at radius 2 is 1.90 bits per heavy atom. The fourth-order valence-corrected chi connectivity index (χ4v) is 4.34. The molecule has 1 aliphatic heterocycles. The third-order valence-corrected chi connectivity index (χ3v) is 6.25. The number of rotatable bonds is 7. The molecule has 5 nitrogen and oxygen atoms in total. The number of nitrogens with zero attached hydrogens (tertiary/aromatic N) is 1. The molecule has 1 atom stereocenters. The molecule has 7 heteroatoms. The SMILES string of the molecule is NC(=O)CC1(COc2ccc(Cl)cc2)CCCN(C(=O)Cc2ccccc2Br)C1. The number of piperidine rings is 1. The Labute approximate surface area is 184 Å². The maximum absolute atomic E-state index is 12.9. The zero-order valence-electron chi connectivity index (χ0n) is 16.1. The standard InChI is InChI=1S/C22H24BrClN2O3/c23-19-5-2-1-4-16(19)12-21(28)26-11-3-10-22(14-26,13-20(25)27)15-29-18-8-6-17(24)7-9-18/h1-2,4-9H,3,10-15H2,(H2,25,27). The molecule has 0 aromatic heterocycles. The summed E-state index contributed by atoms with van der Waals surface area (Å²) < 4.78 is 6.87. The number of likely N-dealkylation sites (tertiary alicyclic amines) is 1. The highest BCUT2D eigenvalue weighted by Crippen LogP contribution is 2.35. The molecule has 0 saturated carbocycles. The predicted molar refractivity (Wildman–Crippen MR) is 117 cm³/mol. The number of ether oxygens (including phenoxy) is 1. The minimum absolute atomic E-state index is 0.0388. The van der Waals surface area contributed by atoms with Crippen LogP contribution in [0.5, 0.6) is 5.75 Å². The first-order valence-electron chi connectivity index (χ1n) is 9.55. The molecule has 29 heavy (non-hydrogen) atoms. The quantitative estimate of drug-likeness (QED) is 0.646. The third-order valence-electron chi connectivity index (χ3n) is 5.22. The van der Waals surface area contributed by atoms with Crippen molar-refractivity contribution in [1.29, 1.82) is 0 Å². The second kappa shape index (κ2) is 9.63. The Balaban J connectivity index is 1.71. The second-order valence-electron chi connectivity index (χ2n) is 7.57. The van der Waals surface area contributed by atoms with Gasteiger partial charge in [-0.2, -0.15) is 0 Å². The molecule has 1 saturated heterocycles. The zero-order valence-corrected chi connectivity index (χ0v) is 18.4. The molecule has 1 unspecified atom stereocenters. The normalized spacial score (nSPS) is 19.0. The fraction of sp³-hybridized carbons (Fsp3) is 0.364. The number of amides is 2. The lowest BCUT2D eigenvalue weighted by Crippen LogP contribution is -2.50. The second-order valence-corrected chi connectivity index (χ2v) is 8.86. The smallest absolute Gasteiger partial charge is 0.227 e. The Morgan fingerprint density at radius 3 is 2.59 bits per heavy atom. The monoisotopic (exact) mass is 478 g/mol. The van der Waals surface area contributed by atoms with Gasteiger partial charge in [0.15, 0.2) is 0 Å². The summed E-state index contributed by atoms with van der Waals surface area (Å²) in [6.07, 6.45) is 2.08. The molecule has 2 aromatic rings. The van der Waals surface area contributed by atoms with Gasteiger partial charge in [0.25, 0.3) is 0 Å². The van der Waals surface area contributed by atoms with Crippen LogP contribution in [-0.2, 0) is 16.0 Å². The lowest BCUT2D eigenvalue weighted by molar-refractivity contribution is -0.136. The van der Waals surface area contributed by atoms with Crippen LogP contribution in [0.4, 0.5) is 0 Å². The van der Waals surface area contributed by atoms with Crippen LogP contribution < -0.4 is 10.5 Å². The summed E-state index contributed by atoms with van der Waals surface area (Å²) in [5.41, 5.74) is 5.99. The van der Waals surface area contributed by atoms with E-state index in [1.54, 1.807) is 24.3 Å². The van der Waals surface area contributed by atoms with Crippen LogP contribution in [0.1, 0.15) is 24.8 Å². The number of nitrogens with two attached hydrogens (primary N) is 1. The molecule has 0 aliphatic carbocycles. The first kappa shape index (κ1) is 21.7. The molecule has 154 valence electrons. The van der Waals surface area contributed by atoms with Crippen molar-refractivity contribution in [2.45, 2.75) is 25.7 Å². The maximum atomic E-state index is 12.9. The molecule has 2 N–H and O–H groups in total. The van der Waals surface area contributed by atoms with E-state index in [0.717, 1.165) is 22.9 Å². The number of carbonyl (C=O) groups is 2. The average molecular weight is 480 g/mol. The summed E-state index contributed by atoms with van der Waals surface area (Å²) in [6.45, 7) is 1.44. The van der Waals surface area contributed by atoms with E-state index >= 15 is 0 Å². The molecule has 0 radical (unpaired) electrons. The van der Waals surface area contributed by atoms with Gasteiger partial charge in [0, 0.05) is 34.4 Å². The van der Waals surface area contributed by atoms with E-state index in [0.29, 0.717) is 36.9 Å². The largest absolute Gasteiger partial charge is 0.493 e. The third kappa shape index (κ3) is 5.97. The van der Waals surface area contributed by atoms with Crippen LogP contribution in [0.3, 0.4) is 0 Å². The van der Waals surface area contributed by atoms with Crippen molar-refractivity contribution in [2.75, 3.05) is 19.7 Å². The van der Waals surface area contributed by atoms with Gasteiger partial charge >= 0.3 is 0 Å². The van der Waals surface area contributed by atoms with E-state index in [2.05, 4.69) is 15.9 Å². The molecule has 1 heterocycles. The van der Waals surface area contributed by atoms with Crippen LogP contribution in [0.25, 0.3) is 0 Å². The molecule has 0 spiro atoms. The van der Waals surface area contributed by atoms with Gasteiger partial charge in [0.1, 0.15) is 5.75 Å². The summed E-state index contributed by atoms with van der Waals surface area (Å²) in [4.78, 5) is 26.5. The van der Waals surface area contributed by atoms with E-state index in [9.17, 15) is 9.59 Å². The first-order valence-corrected chi connectivity index (χ1v) is 10.7. The molecule has 0 bridgehead atoms. The van der Waals surface area contributed by atoms with E-state index in [1.165, 1.54) is 0 Å². The van der Waals surface area contributed by atoms with Crippen LogP contribution in [-0.4, -0.2) is 36.4 Å². The van der Waals surface area contributed by atoms with E-state index in [-0.39, 0.29) is 18.2 Å². The molecular weight excluding hydrogens is 456 g/mol. The zero-order chi connectivity index (χ0) is 20.9. The lowest BCUT2D eigenvalue weighted by Gasteiger charge is -2.42. The van der Waals surface area contributed by atoms with Crippen LogP contribution >= 0.6 is 27.5 Å². The Bertz CT molecular complexity index is 875. The Kier molecular flexibility index (Phi) is 7.19. The van der Waals surface area contributed by atoms with Crippen molar-refractivity contribution in [3.05, 3.63) is 63.6 Å². The van der Waals surface area contributed by atoms with Crippen molar-refractivity contribution in [2.24, 2.45) is 11.1 Å². The fourth-order valence-electron chi connectivity index (χ4n) is 3.79. The summed E-state index contributed by atoms with van der Waals surface area (Å²) in [7, 11) is 0. The molecule has 2 aromatic carbocycles. The van der Waals surface area contributed by atoms with E-state index in [4.69, 9.17) is 22.1 Å². The van der Waals surface area contributed by atoms with Gasteiger partial charge in [-0.3, -0.25) is 9.59 Å². The van der Waals surface area contributed by atoms with Gasteiger partial charge < -0.3 is 15.4 Å².